The molecule has 3 nitrogen and oxygen atoms in total. The van der Waals surface area contributed by atoms with Crippen LogP contribution in [0.25, 0.3) is 0 Å². The van der Waals surface area contributed by atoms with Crippen LogP contribution in [0.1, 0.15) is 22.8 Å². The fourth-order valence-electron chi connectivity index (χ4n) is 2.03. The number of anilines is 2. The van der Waals surface area contributed by atoms with Gasteiger partial charge in [-0.3, -0.25) is 0 Å². The van der Waals surface area contributed by atoms with Gasteiger partial charge in [-0.15, -0.1) is 0 Å². The number of aryl methyl sites for hydroxylation is 1. The van der Waals surface area contributed by atoms with E-state index < -0.39 is 6.10 Å². The molecule has 0 aliphatic heterocycles. The van der Waals surface area contributed by atoms with Crippen molar-refractivity contribution in [3.05, 3.63) is 59.2 Å². The molecule has 4 N–H and O–H groups in total. The van der Waals surface area contributed by atoms with Gasteiger partial charge >= 0.3 is 0 Å². The third-order valence-corrected chi connectivity index (χ3v) is 3.39. The fourth-order valence-corrected chi connectivity index (χ4v) is 2.03. The summed E-state index contributed by atoms with van der Waals surface area (Å²) in [4.78, 5) is 0. The molecule has 0 fully saturated rings. The topological polar surface area (TPSA) is 58.3 Å². The number of hydrogen-bond acceptors (Lipinski definition) is 3. The smallest absolute Gasteiger partial charge is 0.0963 e. The van der Waals surface area contributed by atoms with E-state index in [0.29, 0.717) is 12.2 Å². The van der Waals surface area contributed by atoms with Gasteiger partial charge in [-0.05, 0) is 48.7 Å². The number of rotatable bonds is 4. The second-order valence-electron chi connectivity index (χ2n) is 4.81. The minimum absolute atomic E-state index is 0.466. The molecule has 0 aliphatic rings. The molecule has 0 aliphatic carbocycles. The standard InChI is InChI=1S/C16H20N2O/c1-11-5-3-8-15(12(11)2)18-10-16(19)13-6-4-7-14(17)9-13/h3-9,16,18-19H,10,17H2,1-2H3. The molecule has 3 heteroatoms. The van der Waals surface area contributed by atoms with Crippen LogP contribution in [0.4, 0.5) is 11.4 Å². The Morgan fingerprint density at radius 3 is 2.63 bits per heavy atom. The van der Waals surface area contributed by atoms with Gasteiger partial charge in [0.25, 0.3) is 0 Å². The summed E-state index contributed by atoms with van der Waals surface area (Å²) in [5, 5.41) is 13.4. The molecule has 0 bridgehead atoms. The first-order chi connectivity index (χ1) is 9.08. The Balaban J connectivity index is 2.04. The highest BCUT2D eigenvalue weighted by Crippen LogP contribution is 2.20. The van der Waals surface area contributed by atoms with Crippen molar-refractivity contribution >= 4 is 11.4 Å². The molecule has 0 heterocycles. The third kappa shape index (κ3) is 3.26. The molecule has 0 saturated carbocycles. The number of nitrogens with one attached hydrogen (secondary N) is 1. The maximum Gasteiger partial charge on any atom is 0.0963 e. The second kappa shape index (κ2) is 5.76. The molecular formula is C16H20N2O. The van der Waals surface area contributed by atoms with Crippen molar-refractivity contribution in [2.75, 3.05) is 17.6 Å². The van der Waals surface area contributed by atoms with Gasteiger partial charge in [0.05, 0.1) is 6.10 Å². The number of nitrogen functional groups attached to an aromatic ring is 1. The summed E-state index contributed by atoms with van der Waals surface area (Å²) in [5.74, 6) is 0. The summed E-state index contributed by atoms with van der Waals surface area (Å²) in [6.07, 6.45) is -0.566. The van der Waals surface area contributed by atoms with Gasteiger partial charge in [0.2, 0.25) is 0 Å². The minimum atomic E-state index is -0.566. The predicted molar refractivity (Wildman–Crippen MR) is 80.2 cm³/mol. The SMILES string of the molecule is Cc1cccc(NCC(O)c2cccc(N)c2)c1C. The largest absolute Gasteiger partial charge is 0.399 e. The van der Waals surface area contributed by atoms with Gasteiger partial charge in [0, 0.05) is 17.9 Å². The lowest BCUT2D eigenvalue weighted by Gasteiger charge is -2.16. The summed E-state index contributed by atoms with van der Waals surface area (Å²) in [6.45, 7) is 4.62. The van der Waals surface area contributed by atoms with Crippen LogP contribution >= 0.6 is 0 Å². The van der Waals surface area contributed by atoms with Gasteiger partial charge in [-0.1, -0.05) is 24.3 Å². The highest BCUT2D eigenvalue weighted by atomic mass is 16.3. The molecule has 2 rings (SSSR count). The van der Waals surface area contributed by atoms with Gasteiger partial charge in [-0.2, -0.15) is 0 Å². The van der Waals surface area contributed by atoms with E-state index in [1.807, 2.05) is 30.3 Å². The molecule has 100 valence electrons. The van der Waals surface area contributed by atoms with Crippen LogP contribution in [-0.4, -0.2) is 11.7 Å². The fraction of sp³-hybridized carbons (Fsp3) is 0.250. The molecule has 1 atom stereocenters. The Morgan fingerprint density at radius 1 is 1.16 bits per heavy atom. The van der Waals surface area contributed by atoms with Crippen molar-refractivity contribution in [3.8, 4) is 0 Å². The second-order valence-corrected chi connectivity index (χ2v) is 4.81. The van der Waals surface area contributed by atoms with E-state index in [1.165, 1.54) is 11.1 Å². The van der Waals surface area contributed by atoms with Gasteiger partial charge in [0.1, 0.15) is 0 Å². The quantitative estimate of drug-likeness (QED) is 0.737. The van der Waals surface area contributed by atoms with Crippen molar-refractivity contribution in [1.82, 2.24) is 0 Å². The Kier molecular flexibility index (Phi) is 4.07. The van der Waals surface area contributed by atoms with E-state index in [-0.39, 0.29) is 0 Å². The first kappa shape index (κ1) is 13.4. The predicted octanol–water partition coefficient (Wildman–Crippen LogP) is 3.03. The molecule has 0 saturated heterocycles. The number of aliphatic hydroxyl groups is 1. The average Bonchev–Trinajstić information content (AvgIpc) is 2.40. The zero-order chi connectivity index (χ0) is 13.8. The van der Waals surface area contributed by atoms with Crippen LogP contribution in [0.2, 0.25) is 0 Å². The van der Waals surface area contributed by atoms with Gasteiger partial charge in [-0.25, -0.2) is 0 Å². The van der Waals surface area contributed by atoms with Crippen molar-refractivity contribution in [2.24, 2.45) is 0 Å². The highest BCUT2D eigenvalue weighted by Gasteiger charge is 2.08. The molecule has 2 aromatic rings. The normalized spacial score (nSPS) is 12.2. The van der Waals surface area contributed by atoms with E-state index in [0.717, 1.165) is 11.3 Å². The molecule has 0 radical (unpaired) electrons. The molecule has 0 amide bonds. The summed E-state index contributed by atoms with van der Waals surface area (Å²) >= 11 is 0. The van der Waals surface area contributed by atoms with Crippen molar-refractivity contribution in [2.45, 2.75) is 20.0 Å². The van der Waals surface area contributed by atoms with Crippen LogP contribution in [0, 0.1) is 13.8 Å². The van der Waals surface area contributed by atoms with E-state index in [9.17, 15) is 5.11 Å². The molecule has 2 aromatic carbocycles. The summed E-state index contributed by atoms with van der Waals surface area (Å²) < 4.78 is 0. The zero-order valence-corrected chi connectivity index (χ0v) is 11.4. The van der Waals surface area contributed by atoms with Crippen LogP contribution < -0.4 is 11.1 Å². The Bertz CT molecular complexity index is 566. The van der Waals surface area contributed by atoms with E-state index in [1.54, 1.807) is 6.07 Å². The van der Waals surface area contributed by atoms with Crippen molar-refractivity contribution < 1.29 is 5.11 Å². The Labute approximate surface area is 114 Å². The lowest BCUT2D eigenvalue weighted by Crippen LogP contribution is -2.13. The number of nitrogens with two attached hydrogens (primary N) is 1. The van der Waals surface area contributed by atoms with Gasteiger partial charge < -0.3 is 16.2 Å². The number of benzene rings is 2. The van der Waals surface area contributed by atoms with Gasteiger partial charge in [0.15, 0.2) is 0 Å². The lowest BCUT2D eigenvalue weighted by molar-refractivity contribution is 0.191. The van der Waals surface area contributed by atoms with Crippen LogP contribution in [-0.2, 0) is 0 Å². The Morgan fingerprint density at radius 2 is 1.89 bits per heavy atom. The molecule has 19 heavy (non-hydrogen) atoms. The third-order valence-electron chi connectivity index (χ3n) is 3.39. The maximum absolute atomic E-state index is 10.1. The van der Waals surface area contributed by atoms with E-state index in [2.05, 4.69) is 25.2 Å². The first-order valence-electron chi connectivity index (χ1n) is 6.41. The monoisotopic (exact) mass is 256 g/mol. The number of hydrogen-bond donors (Lipinski definition) is 3. The van der Waals surface area contributed by atoms with Crippen molar-refractivity contribution in [1.29, 1.82) is 0 Å². The Hall–Kier alpha value is -2.00. The molecule has 0 aromatic heterocycles. The van der Waals surface area contributed by atoms with Crippen LogP contribution in [0.15, 0.2) is 42.5 Å². The van der Waals surface area contributed by atoms with E-state index >= 15 is 0 Å². The lowest BCUT2D eigenvalue weighted by atomic mass is 10.1. The minimum Gasteiger partial charge on any atom is -0.399 e. The summed E-state index contributed by atoms with van der Waals surface area (Å²) in [5.41, 5.74) is 10.7. The maximum atomic E-state index is 10.1. The molecular weight excluding hydrogens is 236 g/mol. The average molecular weight is 256 g/mol. The van der Waals surface area contributed by atoms with Crippen LogP contribution in [0.5, 0.6) is 0 Å². The summed E-state index contributed by atoms with van der Waals surface area (Å²) in [6, 6.07) is 13.5. The summed E-state index contributed by atoms with van der Waals surface area (Å²) in [7, 11) is 0. The number of aliphatic hydroxyl groups excluding tert-OH is 1. The highest BCUT2D eigenvalue weighted by molar-refractivity contribution is 5.54. The first-order valence-corrected chi connectivity index (χ1v) is 6.41. The molecule has 1 unspecified atom stereocenters. The van der Waals surface area contributed by atoms with Crippen molar-refractivity contribution in [3.63, 3.8) is 0 Å². The van der Waals surface area contributed by atoms with E-state index in [4.69, 9.17) is 5.73 Å². The van der Waals surface area contributed by atoms with Crippen LogP contribution in [0.3, 0.4) is 0 Å². The molecule has 0 spiro atoms. The zero-order valence-electron chi connectivity index (χ0n) is 11.4.